The van der Waals surface area contributed by atoms with Gasteiger partial charge in [-0.25, -0.2) is 0 Å². The van der Waals surface area contributed by atoms with E-state index < -0.39 is 5.91 Å². The number of aryl methyl sites for hydroxylation is 1. The van der Waals surface area contributed by atoms with Crippen molar-refractivity contribution in [2.75, 3.05) is 22.4 Å². The van der Waals surface area contributed by atoms with Gasteiger partial charge in [0.15, 0.2) is 0 Å². The molecule has 0 radical (unpaired) electrons. The fourth-order valence-corrected chi connectivity index (χ4v) is 3.95. The first kappa shape index (κ1) is 21.7. The highest BCUT2D eigenvalue weighted by Crippen LogP contribution is 2.33. The summed E-state index contributed by atoms with van der Waals surface area (Å²) in [5.74, 6) is -0.685. The van der Waals surface area contributed by atoms with Gasteiger partial charge in [0.2, 0.25) is 6.29 Å². The molecule has 30 heavy (non-hydrogen) atoms. The quantitative estimate of drug-likeness (QED) is 0.244. The number of nitrogens with one attached hydrogen (secondary N) is 3. The van der Waals surface area contributed by atoms with E-state index in [-0.39, 0.29) is 6.29 Å². The molecule has 3 aromatic rings. The molecule has 0 bridgehead atoms. The SMILES string of the molecule is CNc1cc(SNc2ccc(Cc3ccccc3)c(Cl)c2)c(C)cc1NC(=O)C=O. The lowest BCUT2D eigenvalue weighted by atomic mass is 10.0. The number of hydrogen-bond acceptors (Lipinski definition) is 5. The number of benzene rings is 3. The predicted octanol–water partition coefficient (Wildman–Crippen LogP) is 5.54. The molecule has 0 heterocycles. The number of rotatable bonds is 8. The van der Waals surface area contributed by atoms with Crippen molar-refractivity contribution < 1.29 is 9.59 Å². The van der Waals surface area contributed by atoms with Crippen LogP contribution in [-0.4, -0.2) is 19.2 Å². The fraction of sp³-hybridized carbons (Fsp3) is 0.130. The second-order valence-corrected chi connectivity index (χ2v) is 7.95. The van der Waals surface area contributed by atoms with Crippen molar-refractivity contribution in [2.45, 2.75) is 18.2 Å². The third kappa shape index (κ3) is 5.55. The maximum absolute atomic E-state index is 11.4. The first-order valence-electron chi connectivity index (χ1n) is 9.34. The van der Waals surface area contributed by atoms with E-state index >= 15 is 0 Å². The highest BCUT2D eigenvalue weighted by atomic mass is 35.5. The van der Waals surface area contributed by atoms with E-state index in [4.69, 9.17) is 11.6 Å². The maximum Gasteiger partial charge on any atom is 0.288 e. The van der Waals surface area contributed by atoms with E-state index in [2.05, 4.69) is 27.5 Å². The summed E-state index contributed by atoms with van der Waals surface area (Å²) in [5, 5.41) is 6.32. The van der Waals surface area contributed by atoms with Gasteiger partial charge in [-0.1, -0.05) is 48.0 Å². The Kier molecular flexibility index (Phi) is 7.38. The van der Waals surface area contributed by atoms with E-state index in [9.17, 15) is 9.59 Å². The summed E-state index contributed by atoms with van der Waals surface area (Å²) in [6.07, 6.45) is 1.04. The average Bonchev–Trinajstić information content (AvgIpc) is 2.75. The molecule has 0 saturated carbocycles. The normalized spacial score (nSPS) is 10.4. The van der Waals surface area contributed by atoms with E-state index in [1.807, 2.05) is 55.5 Å². The van der Waals surface area contributed by atoms with Crippen molar-refractivity contribution in [1.29, 1.82) is 0 Å². The van der Waals surface area contributed by atoms with Gasteiger partial charge < -0.3 is 15.4 Å². The minimum absolute atomic E-state index is 0.254. The minimum atomic E-state index is -0.685. The van der Waals surface area contributed by atoms with Gasteiger partial charge in [0.1, 0.15) is 0 Å². The Labute approximate surface area is 185 Å². The molecule has 1 amide bonds. The van der Waals surface area contributed by atoms with E-state index in [1.54, 1.807) is 7.05 Å². The molecule has 3 N–H and O–H groups in total. The second kappa shape index (κ2) is 10.2. The van der Waals surface area contributed by atoms with Gasteiger partial charge >= 0.3 is 0 Å². The number of anilines is 3. The predicted molar refractivity (Wildman–Crippen MR) is 126 cm³/mol. The molecule has 154 valence electrons. The zero-order valence-electron chi connectivity index (χ0n) is 16.7. The maximum atomic E-state index is 11.4. The van der Waals surface area contributed by atoms with Crippen molar-refractivity contribution in [3.8, 4) is 0 Å². The van der Waals surface area contributed by atoms with Crippen LogP contribution in [0.15, 0.2) is 65.6 Å². The van der Waals surface area contributed by atoms with Gasteiger partial charge in [-0.3, -0.25) is 9.59 Å². The summed E-state index contributed by atoms with van der Waals surface area (Å²) >= 11 is 7.95. The number of halogens is 1. The van der Waals surface area contributed by atoms with Crippen molar-refractivity contribution in [2.24, 2.45) is 0 Å². The van der Waals surface area contributed by atoms with Crippen LogP contribution in [0.1, 0.15) is 16.7 Å². The van der Waals surface area contributed by atoms with Crippen molar-refractivity contribution in [3.05, 3.63) is 82.4 Å². The fourth-order valence-electron chi connectivity index (χ4n) is 2.95. The summed E-state index contributed by atoms with van der Waals surface area (Å²) in [5.41, 5.74) is 5.42. The first-order chi connectivity index (χ1) is 14.5. The molecular weight excluding hydrogens is 418 g/mol. The van der Waals surface area contributed by atoms with Gasteiger partial charge in [-0.15, -0.1) is 0 Å². The lowest BCUT2D eigenvalue weighted by Crippen LogP contribution is -2.13. The van der Waals surface area contributed by atoms with Gasteiger partial charge in [0, 0.05) is 22.7 Å². The summed E-state index contributed by atoms with van der Waals surface area (Å²) in [4.78, 5) is 23.0. The number of carbonyl (C=O) groups excluding carboxylic acids is 2. The van der Waals surface area contributed by atoms with Crippen LogP contribution in [0, 0.1) is 6.92 Å². The number of hydrogen-bond donors (Lipinski definition) is 3. The Hall–Kier alpha value is -2.96. The molecule has 3 rings (SSSR count). The van der Waals surface area contributed by atoms with Gasteiger partial charge in [-0.05, 0) is 66.2 Å². The topological polar surface area (TPSA) is 70.2 Å². The number of aldehydes is 1. The highest BCUT2D eigenvalue weighted by molar-refractivity contribution is 8.00. The lowest BCUT2D eigenvalue weighted by Gasteiger charge is -2.15. The van der Waals surface area contributed by atoms with Gasteiger partial charge in [0.05, 0.1) is 11.4 Å². The van der Waals surface area contributed by atoms with Crippen molar-refractivity contribution in [1.82, 2.24) is 0 Å². The molecule has 7 heteroatoms. The Morgan fingerprint density at radius 3 is 2.50 bits per heavy atom. The van der Waals surface area contributed by atoms with Gasteiger partial charge in [-0.2, -0.15) is 0 Å². The Balaban J connectivity index is 1.71. The summed E-state index contributed by atoms with van der Waals surface area (Å²) in [6, 6.07) is 19.9. The molecule has 5 nitrogen and oxygen atoms in total. The monoisotopic (exact) mass is 439 g/mol. The smallest absolute Gasteiger partial charge is 0.288 e. The average molecular weight is 440 g/mol. The Morgan fingerprint density at radius 1 is 1.07 bits per heavy atom. The minimum Gasteiger partial charge on any atom is -0.386 e. The molecule has 0 aromatic heterocycles. The van der Waals surface area contributed by atoms with Crippen molar-refractivity contribution >= 4 is 52.8 Å². The van der Waals surface area contributed by atoms with Crippen LogP contribution < -0.4 is 15.4 Å². The summed E-state index contributed by atoms with van der Waals surface area (Å²) < 4.78 is 3.32. The van der Waals surface area contributed by atoms with Crippen LogP contribution in [-0.2, 0) is 16.0 Å². The molecule has 0 fully saturated rings. The summed E-state index contributed by atoms with van der Waals surface area (Å²) in [7, 11) is 1.76. The van der Waals surface area contributed by atoms with Crippen LogP contribution in [0.25, 0.3) is 0 Å². The molecule has 0 aliphatic carbocycles. The van der Waals surface area contributed by atoms with E-state index in [0.717, 1.165) is 33.8 Å². The Morgan fingerprint density at radius 2 is 1.83 bits per heavy atom. The highest BCUT2D eigenvalue weighted by Gasteiger charge is 2.11. The van der Waals surface area contributed by atoms with E-state index in [1.165, 1.54) is 17.5 Å². The third-order valence-corrected chi connectivity index (χ3v) is 5.87. The first-order valence-corrected chi connectivity index (χ1v) is 10.5. The molecule has 0 unspecified atom stereocenters. The zero-order valence-corrected chi connectivity index (χ0v) is 18.2. The van der Waals surface area contributed by atoms with E-state index in [0.29, 0.717) is 10.7 Å². The molecule has 0 saturated heterocycles. The Bertz CT molecular complexity index is 1060. The lowest BCUT2D eigenvalue weighted by molar-refractivity contribution is -0.127. The molecule has 0 atom stereocenters. The van der Waals surface area contributed by atoms with Crippen molar-refractivity contribution in [3.63, 3.8) is 0 Å². The molecule has 0 spiro atoms. The number of amides is 1. The third-order valence-electron chi connectivity index (χ3n) is 4.52. The van der Waals surface area contributed by atoms with Crippen LogP contribution in [0.5, 0.6) is 0 Å². The molecule has 0 aliphatic heterocycles. The largest absolute Gasteiger partial charge is 0.386 e. The van der Waals surface area contributed by atoms with Crippen LogP contribution in [0.3, 0.4) is 0 Å². The zero-order chi connectivity index (χ0) is 21.5. The van der Waals surface area contributed by atoms with Crippen LogP contribution in [0.2, 0.25) is 5.02 Å². The second-order valence-electron chi connectivity index (χ2n) is 6.69. The van der Waals surface area contributed by atoms with Crippen LogP contribution >= 0.6 is 23.5 Å². The molecule has 3 aromatic carbocycles. The standard InChI is InChI=1S/C23H22ClN3O2S/c1-15-10-21(26-23(29)14-28)20(25-2)13-22(15)30-27-18-9-8-17(19(24)12-18)11-16-6-4-3-5-7-16/h3-10,12-14,25,27H,11H2,1-2H3,(H,26,29). The molecule has 0 aliphatic rings. The van der Waals surface area contributed by atoms with Crippen LogP contribution in [0.4, 0.5) is 17.1 Å². The summed E-state index contributed by atoms with van der Waals surface area (Å²) in [6.45, 7) is 1.94. The number of carbonyl (C=O) groups is 2. The molecular formula is C23H22ClN3O2S. The van der Waals surface area contributed by atoms with Gasteiger partial charge in [0.25, 0.3) is 5.91 Å².